The number of rotatable bonds is 7. The highest BCUT2D eigenvalue weighted by Crippen LogP contribution is 2.46. The maximum Gasteiger partial charge on any atom is 0.324 e. The average molecular weight is 633 g/mol. The molecular weight excluding hydrogens is 609 g/mol. The van der Waals surface area contributed by atoms with Gasteiger partial charge in [0.15, 0.2) is 17.4 Å². The van der Waals surface area contributed by atoms with Crippen molar-refractivity contribution in [1.82, 2.24) is 4.98 Å². The van der Waals surface area contributed by atoms with E-state index < -0.39 is 29.6 Å². The first-order valence-electron chi connectivity index (χ1n) is 12.0. The molecule has 1 fully saturated rings. The van der Waals surface area contributed by atoms with Crippen LogP contribution in [0.2, 0.25) is 10.0 Å². The van der Waals surface area contributed by atoms with Crippen LogP contribution >= 0.6 is 39.1 Å². The van der Waals surface area contributed by atoms with Crippen LogP contribution in [0.4, 0.5) is 0 Å². The van der Waals surface area contributed by atoms with Gasteiger partial charge in [0.2, 0.25) is 0 Å². The van der Waals surface area contributed by atoms with Crippen LogP contribution in [-0.2, 0) is 25.7 Å². The lowest BCUT2D eigenvalue weighted by atomic mass is 9.79. The molecule has 1 atom stereocenters. The number of benzene rings is 3. The molecule has 0 unspecified atom stereocenters. The van der Waals surface area contributed by atoms with E-state index in [9.17, 15) is 9.59 Å². The van der Waals surface area contributed by atoms with Crippen LogP contribution in [-0.4, -0.2) is 29.8 Å². The number of ether oxygens (including phenoxy) is 4. The fourth-order valence-electron chi connectivity index (χ4n) is 4.73. The fraction of sp³-hybridized carbons (Fsp3) is 0.241. The van der Waals surface area contributed by atoms with Gasteiger partial charge in [-0.25, -0.2) is 0 Å². The van der Waals surface area contributed by atoms with Crippen molar-refractivity contribution in [3.63, 3.8) is 0 Å². The van der Waals surface area contributed by atoms with Crippen molar-refractivity contribution in [3.8, 4) is 11.5 Å². The number of halogens is 3. The van der Waals surface area contributed by atoms with E-state index in [1.807, 2.05) is 24.3 Å². The number of carbonyl (C=O) groups is 2. The molecular formula is C29H24BrCl2NO6. The summed E-state index contributed by atoms with van der Waals surface area (Å²) in [5.41, 5.74) is 2.95. The van der Waals surface area contributed by atoms with Gasteiger partial charge in [-0.15, -0.1) is 0 Å². The van der Waals surface area contributed by atoms with Crippen LogP contribution in [0.15, 0.2) is 65.3 Å². The molecule has 1 aliphatic rings. The quantitative estimate of drug-likeness (QED) is 0.169. The number of methoxy groups -OCH3 is 1. The van der Waals surface area contributed by atoms with E-state index in [0.717, 1.165) is 22.0 Å². The lowest BCUT2D eigenvalue weighted by Crippen LogP contribution is -2.48. The number of para-hydroxylation sites is 1. The average Bonchev–Trinajstić information content (AvgIpc) is 3.29. The van der Waals surface area contributed by atoms with Crippen molar-refractivity contribution in [1.29, 1.82) is 0 Å². The Bertz CT molecular complexity index is 1560. The largest absolute Gasteiger partial charge is 0.493 e. The number of nitrogens with one attached hydrogen (secondary N) is 1. The summed E-state index contributed by atoms with van der Waals surface area (Å²) in [5, 5.41) is 1.87. The van der Waals surface area contributed by atoms with Crippen molar-refractivity contribution in [2.24, 2.45) is 5.92 Å². The molecule has 7 nitrogen and oxygen atoms in total. The molecule has 2 heterocycles. The number of hydrogen-bond acceptors (Lipinski definition) is 6. The summed E-state index contributed by atoms with van der Waals surface area (Å²) in [6.45, 7) is 3.22. The van der Waals surface area contributed by atoms with E-state index >= 15 is 0 Å². The van der Waals surface area contributed by atoms with Gasteiger partial charge < -0.3 is 23.9 Å². The second-order valence-electron chi connectivity index (χ2n) is 9.54. The molecule has 5 rings (SSSR count). The second kappa shape index (κ2) is 10.8. The van der Waals surface area contributed by atoms with E-state index in [-0.39, 0.29) is 6.61 Å². The highest BCUT2D eigenvalue weighted by Gasteiger charge is 2.49. The minimum Gasteiger partial charge on any atom is -0.493 e. The molecule has 1 aromatic heterocycles. The molecule has 0 aliphatic carbocycles. The summed E-state index contributed by atoms with van der Waals surface area (Å²) in [4.78, 5) is 29.8. The van der Waals surface area contributed by atoms with Crippen molar-refractivity contribution in [2.75, 3.05) is 7.11 Å². The van der Waals surface area contributed by atoms with Crippen LogP contribution in [0.25, 0.3) is 10.9 Å². The molecule has 1 N–H and O–H groups in total. The Morgan fingerprint density at radius 2 is 1.72 bits per heavy atom. The number of H-pyrrole nitrogens is 1. The zero-order valence-corrected chi connectivity index (χ0v) is 24.3. The Kier molecular flexibility index (Phi) is 7.55. The van der Waals surface area contributed by atoms with Crippen LogP contribution in [0.1, 0.15) is 36.5 Å². The summed E-state index contributed by atoms with van der Waals surface area (Å²) in [6.07, 6.45) is 1.79. The number of esters is 2. The summed E-state index contributed by atoms with van der Waals surface area (Å²) in [6, 6.07) is 16.3. The number of aromatic amines is 1. The van der Waals surface area contributed by atoms with Crippen LogP contribution in [0.3, 0.4) is 0 Å². The highest BCUT2D eigenvalue weighted by atomic mass is 79.9. The third-order valence-corrected chi connectivity index (χ3v) is 7.78. The molecule has 202 valence electrons. The minimum atomic E-state index is -1.36. The Labute approximate surface area is 243 Å². The summed E-state index contributed by atoms with van der Waals surface area (Å²) in [7, 11) is 1.52. The third-order valence-electron chi connectivity index (χ3n) is 6.51. The van der Waals surface area contributed by atoms with Gasteiger partial charge in [-0.3, -0.25) is 9.59 Å². The van der Waals surface area contributed by atoms with Gasteiger partial charge in [-0.2, -0.15) is 0 Å². The Balaban J connectivity index is 1.59. The normalized spacial score (nSPS) is 16.1. The summed E-state index contributed by atoms with van der Waals surface area (Å²) < 4.78 is 23.3. The lowest BCUT2D eigenvalue weighted by Gasteiger charge is -2.36. The van der Waals surface area contributed by atoms with Gasteiger partial charge in [0.1, 0.15) is 6.61 Å². The Hall–Kier alpha value is -3.20. The van der Waals surface area contributed by atoms with Crippen molar-refractivity contribution in [3.05, 3.63) is 92.0 Å². The topological polar surface area (TPSA) is 86.9 Å². The van der Waals surface area contributed by atoms with E-state index in [1.165, 1.54) is 21.0 Å². The maximum atomic E-state index is 13.3. The minimum absolute atomic E-state index is 0.167. The van der Waals surface area contributed by atoms with Crippen molar-refractivity contribution >= 4 is 62.0 Å². The standard InChI is InChI=1S/C29H24BrCl2NO6/c1-29(2)38-27(34)26(28(35)39-29)25(19-13-33-22-7-5-4-6-17(19)22)18-11-23(36-3)24(12-20(18)30)37-14-15-8-9-16(31)10-21(15)32/h4-13,25-26,33H,14H2,1-3H3/t25-/m1/s1. The number of cyclic esters (lactones) is 2. The van der Waals surface area contributed by atoms with E-state index in [0.29, 0.717) is 31.6 Å². The van der Waals surface area contributed by atoms with Crippen molar-refractivity contribution < 1.29 is 28.5 Å². The zero-order valence-electron chi connectivity index (χ0n) is 21.2. The number of aromatic nitrogens is 1. The second-order valence-corrected chi connectivity index (χ2v) is 11.2. The van der Waals surface area contributed by atoms with Gasteiger partial charge in [0.05, 0.1) is 7.11 Å². The van der Waals surface area contributed by atoms with Crippen LogP contribution in [0.5, 0.6) is 11.5 Å². The van der Waals surface area contributed by atoms with Crippen LogP contribution in [0, 0.1) is 5.92 Å². The van der Waals surface area contributed by atoms with Crippen LogP contribution < -0.4 is 9.47 Å². The number of carbonyl (C=O) groups excluding carboxylic acids is 2. The smallest absolute Gasteiger partial charge is 0.324 e. The molecule has 10 heteroatoms. The Morgan fingerprint density at radius 3 is 2.41 bits per heavy atom. The lowest BCUT2D eigenvalue weighted by molar-refractivity contribution is -0.240. The molecule has 3 aromatic carbocycles. The van der Waals surface area contributed by atoms with Gasteiger partial charge in [0.25, 0.3) is 5.79 Å². The van der Waals surface area contributed by atoms with Gasteiger partial charge in [-0.05, 0) is 41.5 Å². The van der Waals surface area contributed by atoms with Gasteiger partial charge in [-0.1, -0.05) is 63.4 Å². The van der Waals surface area contributed by atoms with Gasteiger partial charge >= 0.3 is 11.9 Å². The van der Waals surface area contributed by atoms with Gasteiger partial charge in [0, 0.05) is 56.9 Å². The first kappa shape index (κ1) is 27.4. The molecule has 0 saturated carbocycles. The number of fused-ring (bicyclic) bond motifs is 1. The zero-order chi connectivity index (χ0) is 27.9. The van der Waals surface area contributed by atoms with Crippen molar-refractivity contribution in [2.45, 2.75) is 32.2 Å². The maximum absolute atomic E-state index is 13.3. The molecule has 0 amide bonds. The molecule has 0 spiro atoms. The summed E-state index contributed by atoms with van der Waals surface area (Å²) >= 11 is 16.0. The predicted molar refractivity (Wildman–Crippen MR) is 151 cm³/mol. The first-order valence-corrected chi connectivity index (χ1v) is 13.6. The molecule has 0 radical (unpaired) electrons. The van der Waals surface area contributed by atoms with E-state index in [1.54, 1.807) is 36.5 Å². The molecule has 1 saturated heterocycles. The highest BCUT2D eigenvalue weighted by molar-refractivity contribution is 9.10. The SMILES string of the molecule is COc1cc([C@H](c2c[nH]c3ccccc23)C2C(=O)OC(C)(C)OC2=O)c(Br)cc1OCc1ccc(Cl)cc1Cl. The predicted octanol–water partition coefficient (Wildman–Crippen LogP) is 7.41. The van der Waals surface area contributed by atoms with E-state index in [2.05, 4.69) is 20.9 Å². The fourth-order valence-corrected chi connectivity index (χ4v) is 5.77. The first-order chi connectivity index (χ1) is 18.6. The molecule has 1 aliphatic heterocycles. The Morgan fingerprint density at radius 1 is 1.00 bits per heavy atom. The third kappa shape index (κ3) is 5.46. The molecule has 0 bridgehead atoms. The monoisotopic (exact) mass is 631 g/mol. The number of hydrogen-bond donors (Lipinski definition) is 1. The van der Waals surface area contributed by atoms with E-state index in [4.69, 9.17) is 42.1 Å². The summed E-state index contributed by atoms with van der Waals surface area (Å²) in [5.74, 6) is -3.87. The molecule has 4 aromatic rings. The molecule has 39 heavy (non-hydrogen) atoms.